The monoisotopic (exact) mass is 462 g/mol. The van der Waals surface area contributed by atoms with Crippen molar-refractivity contribution in [2.45, 2.75) is 67.8 Å². The zero-order valence-electron chi connectivity index (χ0n) is 18.0. The Morgan fingerprint density at radius 3 is 2.64 bits per heavy atom. The summed E-state index contributed by atoms with van der Waals surface area (Å²) in [6.45, 7) is 1.09. The first-order chi connectivity index (χ1) is 15.8. The van der Waals surface area contributed by atoms with Crippen molar-refractivity contribution in [3.8, 4) is 0 Å². The molecule has 33 heavy (non-hydrogen) atoms. The molecule has 6 aliphatic rings. The second kappa shape index (κ2) is 6.97. The van der Waals surface area contributed by atoms with Crippen LogP contribution in [0.5, 0.6) is 0 Å². The molecule has 10 atom stereocenters. The molecule has 3 N–H and O–H groups in total. The van der Waals surface area contributed by atoms with Gasteiger partial charge in [0.1, 0.15) is 47.6 Å². The molecular weight excluding hydrogens is 436 g/mol. The first-order valence-electron chi connectivity index (χ1n) is 11.2. The van der Waals surface area contributed by atoms with Crippen LogP contribution in [0.15, 0.2) is 30.3 Å². The first-order valence-corrected chi connectivity index (χ1v) is 11.2. The Balaban J connectivity index is 1.33. The molecule has 3 saturated carbocycles. The molecule has 3 heterocycles. The largest absolute Gasteiger partial charge is 0.461 e. The van der Waals surface area contributed by atoms with Crippen LogP contribution in [0.1, 0.15) is 30.1 Å². The predicted octanol–water partition coefficient (Wildman–Crippen LogP) is -0.469. The third-order valence-corrected chi connectivity index (χ3v) is 8.31. The third kappa shape index (κ3) is 2.59. The van der Waals surface area contributed by atoms with Crippen LogP contribution in [0, 0.1) is 11.3 Å². The normalized spacial score (nSPS) is 49.3. The van der Waals surface area contributed by atoms with Gasteiger partial charge in [-0.2, -0.15) is 0 Å². The minimum Gasteiger partial charge on any atom is -0.461 e. The van der Waals surface area contributed by atoms with Gasteiger partial charge in [0, 0.05) is 12.3 Å². The van der Waals surface area contributed by atoms with E-state index in [9.17, 15) is 24.9 Å². The highest BCUT2D eigenvalue weighted by atomic mass is 16.7. The lowest BCUT2D eigenvalue weighted by molar-refractivity contribution is -0.442. The molecule has 3 saturated heterocycles. The Morgan fingerprint density at radius 1 is 1.15 bits per heavy atom. The van der Waals surface area contributed by atoms with Gasteiger partial charge in [-0.25, -0.2) is 4.79 Å². The van der Waals surface area contributed by atoms with Crippen molar-refractivity contribution >= 4 is 11.9 Å². The third-order valence-electron chi connectivity index (χ3n) is 8.31. The summed E-state index contributed by atoms with van der Waals surface area (Å²) in [6, 6.07) is 8.47. The van der Waals surface area contributed by atoms with Crippen LogP contribution in [-0.4, -0.2) is 88.5 Å². The lowest BCUT2D eigenvalue weighted by Crippen LogP contribution is -2.83. The van der Waals surface area contributed by atoms with E-state index in [-0.39, 0.29) is 12.5 Å². The average molecular weight is 462 g/mol. The van der Waals surface area contributed by atoms with Crippen molar-refractivity contribution in [1.82, 2.24) is 0 Å². The van der Waals surface area contributed by atoms with E-state index in [2.05, 4.69) is 0 Å². The maximum atomic E-state index is 13.3. The van der Waals surface area contributed by atoms with Crippen LogP contribution in [0.2, 0.25) is 0 Å². The zero-order chi connectivity index (χ0) is 23.2. The van der Waals surface area contributed by atoms with Crippen LogP contribution >= 0.6 is 0 Å². The van der Waals surface area contributed by atoms with Gasteiger partial charge in [-0.05, 0) is 25.5 Å². The fourth-order valence-corrected chi connectivity index (χ4v) is 6.59. The van der Waals surface area contributed by atoms with Crippen LogP contribution in [0.3, 0.4) is 0 Å². The van der Waals surface area contributed by atoms with Gasteiger partial charge in [0.25, 0.3) is 0 Å². The van der Waals surface area contributed by atoms with Crippen molar-refractivity contribution in [1.29, 1.82) is 0 Å². The molecule has 10 heteroatoms. The van der Waals surface area contributed by atoms with E-state index < -0.39 is 72.0 Å². The molecule has 1 aromatic rings. The van der Waals surface area contributed by atoms with Gasteiger partial charge in [-0.3, -0.25) is 4.79 Å². The molecule has 10 nitrogen and oxygen atoms in total. The lowest BCUT2D eigenvalue weighted by atomic mass is 9.40. The summed E-state index contributed by atoms with van der Waals surface area (Å²) in [6.07, 6.45) is -5.79. The Hall–Kier alpha value is -2.08. The van der Waals surface area contributed by atoms with Crippen molar-refractivity contribution in [2.75, 3.05) is 13.2 Å². The van der Waals surface area contributed by atoms with E-state index in [0.29, 0.717) is 18.4 Å². The number of rotatable bonds is 4. The van der Waals surface area contributed by atoms with Gasteiger partial charge in [-0.1, -0.05) is 18.2 Å². The molecule has 3 aliphatic heterocycles. The Labute approximate surface area is 189 Å². The number of ether oxygens (including phenoxy) is 5. The van der Waals surface area contributed by atoms with Crippen molar-refractivity contribution < 1.29 is 48.6 Å². The SMILES string of the molecule is CC12CC3OC4O[C@H](CO)[C@@H](O)[C@H](O)[C@H]4OC34CC1C4(COC(=O)c1ccccc1)C(=O)O2. The summed E-state index contributed by atoms with van der Waals surface area (Å²) >= 11 is 0. The molecule has 0 amide bonds. The van der Waals surface area contributed by atoms with Gasteiger partial charge in [0.15, 0.2) is 6.29 Å². The Morgan fingerprint density at radius 2 is 1.91 bits per heavy atom. The molecule has 6 unspecified atom stereocenters. The van der Waals surface area contributed by atoms with Gasteiger partial charge in [0.2, 0.25) is 0 Å². The first kappa shape index (κ1) is 21.5. The minimum absolute atomic E-state index is 0.254. The summed E-state index contributed by atoms with van der Waals surface area (Å²) in [5.41, 5.74) is -2.95. The highest BCUT2D eigenvalue weighted by Gasteiger charge is 2.88. The van der Waals surface area contributed by atoms with E-state index in [4.69, 9.17) is 23.7 Å². The summed E-state index contributed by atoms with van der Waals surface area (Å²) < 4.78 is 29.7. The molecule has 1 spiro atoms. The number of hydrogen-bond donors (Lipinski definition) is 3. The molecule has 1 aromatic carbocycles. The smallest absolute Gasteiger partial charge is 0.338 e. The Bertz CT molecular complexity index is 985. The molecule has 6 fully saturated rings. The summed E-state index contributed by atoms with van der Waals surface area (Å²) in [5.74, 6) is -1.35. The standard InChI is InChI=1S/C23H26O10/c1-21-8-14-23(32-17-16(26)15(25)12(9-24)30-19(17)31-14)7-13(21)22(23,20(28)33-21)10-29-18(27)11-5-3-2-4-6-11/h2-6,12-17,19,24-26H,7-10H2,1H3/t12-,13?,14?,15-,16+,17-,19?,21?,22?,23?/m1/s1. The number of fused-ring (bicyclic) bond motifs is 1. The fourth-order valence-electron chi connectivity index (χ4n) is 6.59. The lowest BCUT2D eigenvalue weighted by Gasteiger charge is -2.69. The number of aliphatic hydroxyl groups is 3. The summed E-state index contributed by atoms with van der Waals surface area (Å²) in [7, 11) is 0. The van der Waals surface area contributed by atoms with Crippen LogP contribution in [0.25, 0.3) is 0 Å². The second-order valence-corrected chi connectivity index (χ2v) is 9.88. The molecule has 0 aromatic heterocycles. The van der Waals surface area contributed by atoms with E-state index >= 15 is 0 Å². The molecular formula is C23H26O10. The van der Waals surface area contributed by atoms with E-state index in [1.54, 1.807) is 30.3 Å². The summed E-state index contributed by atoms with van der Waals surface area (Å²) in [4.78, 5) is 26.0. The highest BCUT2D eigenvalue weighted by Crippen LogP contribution is 2.74. The van der Waals surface area contributed by atoms with Crippen LogP contribution in [-0.2, 0) is 28.5 Å². The van der Waals surface area contributed by atoms with Gasteiger partial charge in [-0.15, -0.1) is 0 Å². The van der Waals surface area contributed by atoms with Crippen molar-refractivity contribution in [3.05, 3.63) is 35.9 Å². The maximum Gasteiger partial charge on any atom is 0.338 e. The fraction of sp³-hybridized carbons (Fsp3) is 0.652. The zero-order valence-corrected chi connectivity index (χ0v) is 18.0. The van der Waals surface area contributed by atoms with Gasteiger partial charge in [0.05, 0.1) is 18.3 Å². The molecule has 4 bridgehead atoms. The number of aliphatic hydroxyl groups excluding tert-OH is 3. The molecule has 7 rings (SSSR count). The van der Waals surface area contributed by atoms with E-state index in [1.165, 1.54) is 0 Å². The quantitative estimate of drug-likeness (QED) is 0.503. The number of carbonyl (C=O) groups is 2. The minimum atomic E-state index is -1.40. The molecule has 3 aliphatic carbocycles. The number of carbonyl (C=O) groups excluding carboxylic acids is 2. The number of benzene rings is 1. The molecule has 178 valence electrons. The predicted molar refractivity (Wildman–Crippen MR) is 107 cm³/mol. The van der Waals surface area contributed by atoms with Crippen molar-refractivity contribution in [3.63, 3.8) is 0 Å². The van der Waals surface area contributed by atoms with E-state index in [0.717, 1.165) is 0 Å². The molecule has 0 radical (unpaired) electrons. The average Bonchev–Trinajstić information content (AvgIpc) is 2.94. The second-order valence-electron chi connectivity index (χ2n) is 9.88. The number of esters is 2. The van der Waals surface area contributed by atoms with Crippen LogP contribution in [0.4, 0.5) is 0 Å². The highest BCUT2D eigenvalue weighted by molar-refractivity contribution is 5.90. The van der Waals surface area contributed by atoms with Gasteiger partial charge >= 0.3 is 11.9 Å². The van der Waals surface area contributed by atoms with Crippen LogP contribution < -0.4 is 0 Å². The Kier molecular flexibility index (Phi) is 4.53. The number of hydrogen-bond acceptors (Lipinski definition) is 10. The summed E-state index contributed by atoms with van der Waals surface area (Å²) in [5, 5.41) is 30.5. The van der Waals surface area contributed by atoms with Crippen molar-refractivity contribution in [2.24, 2.45) is 11.3 Å². The topological polar surface area (TPSA) is 141 Å². The van der Waals surface area contributed by atoms with Gasteiger partial charge < -0.3 is 39.0 Å². The van der Waals surface area contributed by atoms with E-state index in [1.807, 2.05) is 6.92 Å². The maximum absolute atomic E-state index is 13.3.